The largest absolute Gasteiger partial charge is 0.480 e. The number of carbonyl (C=O) groups excluding carboxylic acids is 1. The van der Waals surface area contributed by atoms with Crippen molar-refractivity contribution in [3.8, 4) is 0 Å². The van der Waals surface area contributed by atoms with Crippen LogP contribution in [-0.4, -0.2) is 71.6 Å². The molecule has 0 aromatic rings. The van der Waals surface area contributed by atoms with Crippen LogP contribution in [0.1, 0.15) is 33.6 Å². The van der Waals surface area contributed by atoms with Crippen molar-refractivity contribution < 1.29 is 24.2 Å². The second-order valence-corrected chi connectivity index (χ2v) is 7.46. The average Bonchev–Trinajstić information content (AvgIpc) is 2.41. The number of carboxylic acid groups (broad SMARTS) is 1. The number of carboxylic acids is 1. The standard InChI is InChI=1S/C15H27N3O5/c1-13(2,3)23-12(21)18-6-4-15(5-7-18,11(19)20)17-14(8-16)9-22-10-14/h17H,4-10,16H2,1-3H3,(H,19,20). The average molecular weight is 329 g/mol. The maximum absolute atomic E-state index is 12.1. The fourth-order valence-electron chi connectivity index (χ4n) is 2.89. The minimum absolute atomic E-state index is 0.309. The number of hydrogen-bond donors (Lipinski definition) is 3. The molecule has 0 aromatic heterocycles. The molecule has 8 heteroatoms. The Hall–Kier alpha value is -1.38. The van der Waals surface area contributed by atoms with Gasteiger partial charge in [-0.25, -0.2) is 4.79 Å². The number of amides is 1. The van der Waals surface area contributed by atoms with Crippen LogP contribution in [0.25, 0.3) is 0 Å². The van der Waals surface area contributed by atoms with E-state index < -0.39 is 28.7 Å². The lowest BCUT2D eigenvalue weighted by Gasteiger charge is -2.49. The van der Waals surface area contributed by atoms with E-state index in [1.165, 1.54) is 0 Å². The summed E-state index contributed by atoms with van der Waals surface area (Å²) >= 11 is 0. The zero-order valence-electron chi connectivity index (χ0n) is 14.1. The lowest BCUT2D eigenvalue weighted by atomic mass is 9.83. The summed E-state index contributed by atoms with van der Waals surface area (Å²) in [6.07, 6.45) is 0.212. The molecule has 132 valence electrons. The van der Waals surface area contributed by atoms with E-state index in [9.17, 15) is 14.7 Å². The molecule has 0 aromatic carbocycles. The van der Waals surface area contributed by atoms with Gasteiger partial charge in [-0.05, 0) is 33.6 Å². The number of nitrogens with zero attached hydrogens (tertiary/aromatic N) is 1. The van der Waals surface area contributed by atoms with Crippen molar-refractivity contribution >= 4 is 12.1 Å². The predicted octanol–water partition coefficient (Wildman–Crippen LogP) is 0.158. The highest BCUT2D eigenvalue weighted by Crippen LogP contribution is 2.29. The summed E-state index contributed by atoms with van der Waals surface area (Å²) in [6.45, 7) is 7.21. The van der Waals surface area contributed by atoms with Crippen molar-refractivity contribution in [1.82, 2.24) is 10.2 Å². The fraction of sp³-hybridized carbons (Fsp3) is 0.867. The summed E-state index contributed by atoms with van der Waals surface area (Å²) in [5.74, 6) is -0.916. The summed E-state index contributed by atoms with van der Waals surface area (Å²) in [5, 5.41) is 12.9. The van der Waals surface area contributed by atoms with E-state index in [0.29, 0.717) is 45.7 Å². The van der Waals surface area contributed by atoms with Gasteiger partial charge in [0.2, 0.25) is 0 Å². The summed E-state index contributed by atoms with van der Waals surface area (Å²) in [7, 11) is 0. The summed E-state index contributed by atoms with van der Waals surface area (Å²) in [6, 6.07) is 0. The van der Waals surface area contributed by atoms with Crippen molar-refractivity contribution in [1.29, 1.82) is 0 Å². The van der Waals surface area contributed by atoms with Crippen LogP contribution >= 0.6 is 0 Å². The first-order valence-corrected chi connectivity index (χ1v) is 7.90. The van der Waals surface area contributed by atoms with E-state index in [1.54, 1.807) is 25.7 Å². The van der Waals surface area contributed by atoms with Crippen LogP contribution in [-0.2, 0) is 14.3 Å². The van der Waals surface area contributed by atoms with Crippen LogP contribution in [0.3, 0.4) is 0 Å². The minimum Gasteiger partial charge on any atom is -0.480 e. The van der Waals surface area contributed by atoms with Gasteiger partial charge in [-0.1, -0.05) is 0 Å². The molecule has 0 spiro atoms. The SMILES string of the molecule is CC(C)(C)OC(=O)N1CCC(NC2(CN)COC2)(C(=O)O)CC1. The molecule has 23 heavy (non-hydrogen) atoms. The normalized spacial score (nSPS) is 23.0. The molecular weight excluding hydrogens is 302 g/mol. The second kappa shape index (κ2) is 6.26. The van der Waals surface area contributed by atoms with Gasteiger partial charge >= 0.3 is 12.1 Å². The van der Waals surface area contributed by atoms with Crippen LogP contribution in [0.5, 0.6) is 0 Å². The number of rotatable bonds is 4. The van der Waals surface area contributed by atoms with E-state index in [2.05, 4.69) is 5.32 Å². The molecule has 4 N–H and O–H groups in total. The predicted molar refractivity (Wildman–Crippen MR) is 83.1 cm³/mol. The lowest BCUT2D eigenvalue weighted by Crippen LogP contribution is -2.74. The number of ether oxygens (including phenoxy) is 2. The quantitative estimate of drug-likeness (QED) is 0.673. The van der Waals surface area contributed by atoms with Gasteiger partial charge in [0, 0.05) is 19.6 Å². The molecule has 0 saturated carbocycles. The van der Waals surface area contributed by atoms with E-state index in [-0.39, 0.29) is 0 Å². The van der Waals surface area contributed by atoms with Gasteiger partial charge in [-0.15, -0.1) is 0 Å². The number of nitrogens with two attached hydrogens (primary N) is 1. The number of likely N-dealkylation sites (tertiary alicyclic amines) is 1. The van der Waals surface area contributed by atoms with Gasteiger partial charge in [0.15, 0.2) is 0 Å². The molecule has 0 radical (unpaired) electrons. The number of piperidine rings is 1. The Morgan fingerprint density at radius 2 is 1.87 bits per heavy atom. The topological polar surface area (TPSA) is 114 Å². The van der Waals surface area contributed by atoms with Crippen molar-refractivity contribution in [2.24, 2.45) is 5.73 Å². The van der Waals surface area contributed by atoms with E-state index in [1.807, 2.05) is 0 Å². The van der Waals surface area contributed by atoms with Gasteiger partial charge in [0.25, 0.3) is 0 Å². The molecule has 2 saturated heterocycles. The zero-order chi connectivity index (χ0) is 17.3. The fourth-order valence-corrected chi connectivity index (χ4v) is 2.89. The Morgan fingerprint density at radius 1 is 1.30 bits per heavy atom. The molecule has 2 aliphatic rings. The molecule has 2 rings (SSSR count). The maximum Gasteiger partial charge on any atom is 0.410 e. The van der Waals surface area contributed by atoms with Gasteiger partial charge < -0.3 is 25.2 Å². The molecule has 0 unspecified atom stereocenters. The van der Waals surface area contributed by atoms with Crippen LogP contribution < -0.4 is 11.1 Å². The zero-order valence-corrected chi connectivity index (χ0v) is 14.1. The summed E-state index contributed by atoms with van der Waals surface area (Å²) in [5.41, 5.74) is 3.64. The van der Waals surface area contributed by atoms with Gasteiger partial charge in [0.05, 0.1) is 18.8 Å². The highest BCUT2D eigenvalue weighted by Gasteiger charge is 2.50. The number of hydrogen-bond acceptors (Lipinski definition) is 6. The summed E-state index contributed by atoms with van der Waals surface area (Å²) < 4.78 is 10.5. The third-order valence-electron chi connectivity index (χ3n) is 4.33. The Kier molecular flexibility index (Phi) is 4.89. The van der Waals surface area contributed by atoms with E-state index >= 15 is 0 Å². The summed E-state index contributed by atoms with van der Waals surface area (Å²) in [4.78, 5) is 25.5. The second-order valence-electron chi connectivity index (χ2n) is 7.46. The lowest BCUT2D eigenvalue weighted by molar-refractivity contribution is -0.154. The molecular formula is C15H27N3O5. The van der Waals surface area contributed by atoms with Gasteiger partial charge in [0.1, 0.15) is 11.1 Å². The Balaban J connectivity index is 2.00. The molecule has 0 aliphatic carbocycles. The third-order valence-corrected chi connectivity index (χ3v) is 4.33. The van der Waals surface area contributed by atoms with Gasteiger partial charge in [-0.2, -0.15) is 0 Å². The number of carbonyl (C=O) groups is 2. The van der Waals surface area contributed by atoms with E-state index in [0.717, 1.165) is 0 Å². The maximum atomic E-state index is 12.1. The molecule has 1 amide bonds. The van der Waals surface area contributed by atoms with Crippen molar-refractivity contribution in [3.63, 3.8) is 0 Å². The van der Waals surface area contributed by atoms with Crippen LogP contribution in [0.15, 0.2) is 0 Å². The Labute approximate surface area is 136 Å². The first-order valence-electron chi connectivity index (χ1n) is 7.90. The van der Waals surface area contributed by atoms with Crippen LogP contribution in [0, 0.1) is 0 Å². The first kappa shape index (κ1) is 18.0. The third kappa shape index (κ3) is 3.94. The van der Waals surface area contributed by atoms with Crippen molar-refractivity contribution in [3.05, 3.63) is 0 Å². The van der Waals surface area contributed by atoms with Crippen molar-refractivity contribution in [2.45, 2.75) is 50.3 Å². The van der Waals surface area contributed by atoms with Crippen molar-refractivity contribution in [2.75, 3.05) is 32.8 Å². The minimum atomic E-state index is -1.08. The molecule has 2 fully saturated rings. The molecule has 8 nitrogen and oxygen atoms in total. The van der Waals surface area contributed by atoms with Crippen LogP contribution in [0.2, 0.25) is 0 Å². The first-order chi connectivity index (χ1) is 10.6. The molecule has 2 heterocycles. The molecule has 2 aliphatic heterocycles. The Bertz CT molecular complexity index is 457. The highest BCUT2D eigenvalue weighted by molar-refractivity contribution is 5.80. The number of nitrogens with one attached hydrogen (secondary N) is 1. The molecule has 0 atom stereocenters. The monoisotopic (exact) mass is 329 g/mol. The smallest absolute Gasteiger partial charge is 0.410 e. The van der Waals surface area contributed by atoms with Crippen LogP contribution in [0.4, 0.5) is 4.79 Å². The number of aliphatic carboxylic acids is 1. The molecule has 0 bridgehead atoms. The van der Waals surface area contributed by atoms with E-state index in [4.69, 9.17) is 15.2 Å². The highest BCUT2D eigenvalue weighted by atomic mass is 16.6. The van der Waals surface area contributed by atoms with Gasteiger partial charge in [-0.3, -0.25) is 10.1 Å². The Morgan fingerprint density at radius 3 is 2.22 bits per heavy atom.